The van der Waals surface area contributed by atoms with Crippen molar-refractivity contribution in [1.29, 1.82) is 0 Å². The number of rotatable bonds is 6. The van der Waals surface area contributed by atoms with E-state index in [1.165, 1.54) is 6.21 Å². The minimum absolute atomic E-state index is 0.0855. The summed E-state index contributed by atoms with van der Waals surface area (Å²) >= 11 is 0. The van der Waals surface area contributed by atoms with Crippen molar-refractivity contribution in [1.82, 2.24) is 10.3 Å². The third-order valence-corrected chi connectivity index (χ3v) is 4.51. The Hall–Kier alpha value is -4.16. The van der Waals surface area contributed by atoms with E-state index in [9.17, 15) is 14.4 Å². The molecular formula is C23H22N4O5. The van der Waals surface area contributed by atoms with E-state index in [1.807, 2.05) is 0 Å². The molecular weight excluding hydrogens is 412 g/mol. The number of nitrogens with one attached hydrogen (secondary N) is 2. The number of hydrogen-bond donors (Lipinski definition) is 2. The summed E-state index contributed by atoms with van der Waals surface area (Å²) in [5.74, 6) is 0.665. The van der Waals surface area contributed by atoms with E-state index in [1.54, 1.807) is 53.4 Å². The average Bonchev–Trinajstić information content (AvgIpc) is 2.83. The maximum Gasteiger partial charge on any atom is 0.329 e. The topological polar surface area (TPSA) is 109 Å². The van der Waals surface area contributed by atoms with Crippen LogP contribution in [0.4, 0.5) is 5.69 Å². The van der Waals surface area contributed by atoms with E-state index in [0.717, 1.165) is 0 Å². The van der Waals surface area contributed by atoms with Crippen molar-refractivity contribution in [3.05, 3.63) is 59.7 Å². The molecule has 1 fully saturated rings. The number of anilines is 1. The second-order valence-corrected chi connectivity index (χ2v) is 6.63. The summed E-state index contributed by atoms with van der Waals surface area (Å²) in [6, 6.07) is 13.5. The smallest absolute Gasteiger partial charge is 0.329 e. The number of amides is 3. The molecule has 2 N–H and O–H groups in total. The van der Waals surface area contributed by atoms with Gasteiger partial charge in [0.2, 0.25) is 0 Å². The van der Waals surface area contributed by atoms with Crippen molar-refractivity contribution in [2.24, 2.45) is 5.10 Å². The van der Waals surface area contributed by atoms with Gasteiger partial charge in [-0.1, -0.05) is 30.2 Å². The number of hydrogen-bond acceptors (Lipinski definition) is 6. The van der Waals surface area contributed by atoms with Crippen molar-refractivity contribution in [3.63, 3.8) is 0 Å². The first-order valence-electron chi connectivity index (χ1n) is 9.86. The normalized spacial score (nSPS) is 13.3. The summed E-state index contributed by atoms with van der Waals surface area (Å²) in [5.41, 5.74) is 3.26. The van der Waals surface area contributed by atoms with Gasteiger partial charge in [0.15, 0.2) is 0 Å². The van der Waals surface area contributed by atoms with Crippen molar-refractivity contribution < 1.29 is 23.9 Å². The summed E-state index contributed by atoms with van der Waals surface area (Å²) in [6.07, 6.45) is 6.54. The molecule has 0 radical (unpaired) electrons. The van der Waals surface area contributed by atoms with Crippen LogP contribution >= 0.6 is 0 Å². The second kappa shape index (κ2) is 11.3. The minimum atomic E-state index is -0.989. The number of ether oxygens (including phenoxy) is 2. The quantitative estimate of drug-likeness (QED) is 0.308. The first kappa shape index (κ1) is 22.5. The van der Waals surface area contributed by atoms with Crippen LogP contribution in [0.2, 0.25) is 0 Å². The molecule has 2 aromatic rings. The number of terminal acetylenes is 1. The molecule has 164 valence electrons. The minimum Gasteiger partial charge on any atom is -0.480 e. The van der Waals surface area contributed by atoms with Gasteiger partial charge in [0.05, 0.1) is 30.7 Å². The molecule has 2 aromatic carbocycles. The Kier molecular flexibility index (Phi) is 7.95. The lowest BCUT2D eigenvalue weighted by atomic mass is 10.1. The van der Waals surface area contributed by atoms with Crippen LogP contribution < -0.4 is 15.5 Å². The molecule has 3 rings (SSSR count). The standard InChI is InChI=1S/C23H22N4O5/c1-2-13-32-20-10-6-3-7-17(20)16-24-26-22(29)21(28)25-19-9-5-4-8-18(19)23(30)27-11-14-31-15-12-27/h1,3-10,16H,11-15H2,(H,25,28)(H,26,29)/b24-16-. The summed E-state index contributed by atoms with van der Waals surface area (Å²) in [5, 5.41) is 6.27. The van der Waals surface area contributed by atoms with Crippen molar-refractivity contribution in [2.75, 3.05) is 38.2 Å². The zero-order valence-electron chi connectivity index (χ0n) is 17.2. The lowest BCUT2D eigenvalue weighted by molar-refractivity contribution is -0.136. The fourth-order valence-electron chi connectivity index (χ4n) is 2.94. The number of morpholine rings is 1. The van der Waals surface area contributed by atoms with Gasteiger partial charge in [-0.25, -0.2) is 5.43 Å². The predicted molar refractivity (Wildman–Crippen MR) is 118 cm³/mol. The third kappa shape index (κ3) is 5.93. The highest BCUT2D eigenvalue weighted by molar-refractivity contribution is 6.40. The highest BCUT2D eigenvalue weighted by Gasteiger charge is 2.22. The van der Waals surface area contributed by atoms with E-state index >= 15 is 0 Å². The van der Waals surface area contributed by atoms with E-state index in [0.29, 0.717) is 43.2 Å². The molecule has 0 unspecified atom stereocenters. The second-order valence-electron chi connectivity index (χ2n) is 6.63. The number of hydrazone groups is 1. The Bertz CT molecular complexity index is 1050. The van der Waals surface area contributed by atoms with E-state index in [-0.39, 0.29) is 18.2 Å². The molecule has 3 amide bonds. The Morgan fingerprint density at radius 3 is 2.59 bits per heavy atom. The van der Waals surface area contributed by atoms with Gasteiger partial charge >= 0.3 is 11.8 Å². The molecule has 32 heavy (non-hydrogen) atoms. The van der Waals surface area contributed by atoms with Gasteiger partial charge in [-0.3, -0.25) is 14.4 Å². The Balaban J connectivity index is 1.62. The monoisotopic (exact) mass is 434 g/mol. The molecule has 1 aliphatic heterocycles. The number of nitrogens with zero attached hydrogens (tertiary/aromatic N) is 2. The summed E-state index contributed by atoms with van der Waals surface area (Å²) < 4.78 is 10.7. The number of benzene rings is 2. The molecule has 0 saturated carbocycles. The zero-order valence-corrected chi connectivity index (χ0v) is 17.2. The maximum atomic E-state index is 12.8. The van der Waals surface area contributed by atoms with E-state index < -0.39 is 11.8 Å². The lowest BCUT2D eigenvalue weighted by Crippen LogP contribution is -2.41. The van der Waals surface area contributed by atoms with Gasteiger partial charge in [0.1, 0.15) is 12.4 Å². The lowest BCUT2D eigenvalue weighted by Gasteiger charge is -2.27. The molecule has 0 atom stereocenters. The summed E-state index contributed by atoms with van der Waals surface area (Å²) in [7, 11) is 0. The zero-order chi connectivity index (χ0) is 22.8. The molecule has 1 heterocycles. The molecule has 1 aliphatic rings. The Labute approximate surface area is 185 Å². The predicted octanol–water partition coefficient (Wildman–Crippen LogP) is 1.26. The van der Waals surface area contributed by atoms with Gasteiger partial charge in [-0.15, -0.1) is 6.42 Å². The van der Waals surface area contributed by atoms with Crippen LogP contribution in [0.3, 0.4) is 0 Å². The molecule has 1 saturated heterocycles. The summed E-state index contributed by atoms with van der Waals surface area (Å²) in [6.45, 7) is 1.92. The van der Waals surface area contributed by atoms with Crippen LogP contribution in [0.25, 0.3) is 0 Å². The van der Waals surface area contributed by atoms with Gasteiger partial charge in [-0.2, -0.15) is 5.10 Å². The van der Waals surface area contributed by atoms with E-state index in [2.05, 4.69) is 21.8 Å². The van der Waals surface area contributed by atoms with Crippen molar-refractivity contribution in [2.45, 2.75) is 0 Å². The fourth-order valence-corrected chi connectivity index (χ4v) is 2.94. The van der Waals surface area contributed by atoms with Crippen LogP contribution in [0.15, 0.2) is 53.6 Å². The largest absolute Gasteiger partial charge is 0.480 e. The van der Waals surface area contributed by atoms with Crippen LogP contribution in [0.1, 0.15) is 15.9 Å². The highest BCUT2D eigenvalue weighted by Crippen LogP contribution is 2.18. The van der Waals surface area contributed by atoms with Crippen molar-refractivity contribution >= 4 is 29.6 Å². The molecule has 9 nitrogen and oxygen atoms in total. The number of para-hydroxylation sites is 2. The van der Waals surface area contributed by atoms with Crippen LogP contribution in [0.5, 0.6) is 5.75 Å². The maximum absolute atomic E-state index is 12.8. The molecule has 0 bridgehead atoms. The van der Waals surface area contributed by atoms with Crippen LogP contribution in [0, 0.1) is 12.3 Å². The third-order valence-electron chi connectivity index (χ3n) is 4.51. The SMILES string of the molecule is C#CCOc1ccccc1/C=N\NC(=O)C(=O)Nc1ccccc1C(=O)N1CCOCC1. The highest BCUT2D eigenvalue weighted by atomic mass is 16.5. The summed E-state index contributed by atoms with van der Waals surface area (Å²) in [4.78, 5) is 38.9. The molecule has 0 aliphatic carbocycles. The van der Waals surface area contributed by atoms with Crippen LogP contribution in [-0.4, -0.2) is 61.7 Å². The Morgan fingerprint density at radius 1 is 1.09 bits per heavy atom. The van der Waals surface area contributed by atoms with Crippen LogP contribution in [-0.2, 0) is 14.3 Å². The molecule has 0 aromatic heterocycles. The van der Waals surface area contributed by atoms with Crippen molar-refractivity contribution in [3.8, 4) is 18.1 Å². The molecule has 9 heteroatoms. The average molecular weight is 434 g/mol. The van der Waals surface area contributed by atoms with Gasteiger partial charge in [-0.05, 0) is 24.3 Å². The number of carbonyl (C=O) groups excluding carboxylic acids is 3. The fraction of sp³-hybridized carbons (Fsp3) is 0.217. The van der Waals surface area contributed by atoms with Gasteiger partial charge < -0.3 is 19.7 Å². The van der Waals surface area contributed by atoms with E-state index in [4.69, 9.17) is 15.9 Å². The molecule has 0 spiro atoms. The Morgan fingerprint density at radius 2 is 1.81 bits per heavy atom. The number of carbonyl (C=O) groups is 3. The van der Waals surface area contributed by atoms with Gasteiger partial charge in [0.25, 0.3) is 5.91 Å². The first-order valence-corrected chi connectivity index (χ1v) is 9.86. The van der Waals surface area contributed by atoms with Gasteiger partial charge in [0, 0.05) is 18.7 Å². The first-order chi connectivity index (χ1) is 15.6.